The van der Waals surface area contributed by atoms with Gasteiger partial charge in [-0.2, -0.15) is 0 Å². The number of aliphatic carboxylic acids is 1. The predicted molar refractivity (Wildman–Crippen MR) is 48.4 cm³/mol. The summed E-state index contributed by atoms with van der Waals surface area (Å²) in [5.74, 6) is -0.184. The Labute approximate surface area is 78.1 Å². The Kier molecular flexibility index (Phi) is 3.46. The molecule has 0 aliphatic heterocycles. The van der Waals surface area contributed by atoms with Crippen LogP contribution in [0.5, 0.6) is 0 Å². The first kappa shape index (κ1) is 10.2. The molecule has 0 bridgehead atoms. The maximum atomic E-state index is 10.8. The number of carbonyl (C=O) groups is 2. The standard InChI is InChI=1S/C10H16O3/c1-7(11)6-8-2-4-9(5-3-8)10(12)13/h8-9H,2-6H2,1H3,(H,12,13). The molecule has 1 fully saturated rings. The number of carboxylic acid groups (broad SMARTS) is 1. The van der Waals surface area contributed by atoms with Crippen molar-refractivity contribution in [1.82, 2.24) is 0 Å². The first-order chi connectivity index (χ1) is 6.09. The van der Waals surface area contributed by atoms with Crippen molar-refractivity contribution in [1.29, 1.82) is 0 Å². The van der Waals surface area contributed by atoms with Crippen LogP contribution in [-0.4, -0.2) is 16.9 Å². The van der Waals surface area contributed by atoms with E-state index in [-0.39, 0.29) is 11.7 Å². The highest BCUT2D eigenvalue weighted by Gasteiger charge is 2.26. The monoisotopic (exact) mass is 184 g/mol. The number of carbonyl (C=O) groups excluding carboxylic acids is 1. The van der Waals surface area contributed by atoms with Gasteiger partial charge in [-0.25, -0.2) is 0 Å². The summed E-state index contributed by atoms with van der Waals surface area (Å²) in [6, 6.07) is 0. The Morgan fingerprint density at radius 3 is 2.15 bits per heavy atom. The van der Waals surface area contributed by atoms with Crippen LogP contribution in [0.3, 0.4) is 0 Å². The second-order valence-corrected chi connectivity index (χ2v) is 3.96. The van der Waals surface area contributed by atoms with Crippen LogP contribution in [0.4, 0.5) is 0 Å². The van der Waals surface area contributed by atoms with Crippen LogP contribution in [0.1, 0.15) is 39.0 Å². The first-order valence-electron chi connectivity index (χ1n) is 4.82. The van der Waals surface area contributed by atoms with E-state index < -0.39 is 5.97 Å². The van der Waals surface area contributed by atoms with Crippen LogP contribution < -0.4 is 0 Å². The maximum absolute atomic E-state index is 10.8. The molecule has 1 saturated carbocycles. The summed E-state index contributed by atoms with van der Waals surface area (Å²) >= 11 is 0. The zero-order valence-corrected chi connectivity index (χ0v) is 7.95. The van der Waals surface area contributed by atoms with E-state index in [2.05, 4.69) is 0 Å². The topological polar surface area (TPSA) is 54.4 Å². The van der Waals surface area contributed by atoms with Gasteiger partial charge in [-0.1, -0.05) is 0 Å². The molecule has 0 radical (unpaired) electrons. The molecule has 0 aromatic heterocycles. The van der Waals surface area contributed by atoms with Crippen LogP contribution in [-0.2, 0) is 9.59 Å². The smallest absolute Gasteiger partial charge is 0.306 e. The lowest BCUT2D eigenvalue weighted by atomic mass is 9.80. The molecule has 0 aromatic carbocycles. The minimum Gasteiger partial charge on any atom is -0.481 e. The fraction of sp³-hybridized carbons (Fsp3) is 0.800. The Morgan fingerprint density at radius 1 is 1.23 bits per heavy atom. The van der Waals surface area contributed by atoms with E-state index in [0.717, 1.165) is 25.7 Å². The normalized spacial score (nSPS) is 28.4. The van der Waals surface area contributed by atoms with E-state index in [9.17, 15) is 9.59 Å². The predicted octanol–water partition coefficient (Wildman–Crippen LogP) is 1.86. The second kappa shape index (κ2) is 4.40. The lowest BCUT2D eigenvalue weighted by Crippen LogP contribution is -2.22. The van der Waals surface area contributed by atoms with Crippen molar-refractivity contribution in [3.8, 4) is 0 Å². The van der Waals surface area contributed by atoms with Gasteiger partial charge in [-0.05, 0) is 38.5 Å². The summed E-state index contributed by atoms with van der Waals surface area (Å²) in [5, 5.41) is 8.74. The van der Waals surface area contributed by atoms with E-state index in [1.807, 2.05) is 0 Å². The van der Waals surface area contributed by atoms with Crippen molar-refractivity contribution in [2.45, 2.75) is 39.0 Å². The van der Waals surface area contributed by atoms with Crippen molar-refractivity contribution < 1.29 is 14.7 Å². The molecule has 1 aliphatic carbocycles. The van der Waals surface area contributed by atoms with Gasteiger partial charge in [-0.15, -0.1) is 0 Å². The summed E-state index contributed by atoms with van der Waals surface area (Å²) < 4.78 is 0. The number of hydrogen-bond acceptors (Lipinski definition) is 2. The van der Waals surface area contributed by atoms with Gasteiger partial charge in [-0.3, -0.25) is 4.79 Å². The highest BCUT2D eigenvalue weighted by molar-refractivity contribution is 5.75. The SMILES string of the molecule is CC(=O)CC1CCC(C(=O)O)CC1. The number of ketones is 1. The lowest BCUT2D eigenvalue weighted by molar-refractivity contribution is -0.143. The molecular formula is C10H16O3. The van der Waals surface area contributed by atoms with Gasteiger partial charge in [0.25, 0.3) is 0 Å². The van der Waals surface area contributed by atoms with Crippen LogP contribution in [0.25, 0.3) is 0 Å². The fourth-order valence-corrected chi connectivity index (χ4v) is 2.02. The molecule has 3 nitrogen and oxygen atoms in total. The molecule has 0 spiro atoms. The van der Waals surface area contributed by atoms with E-state index in [1.54, 1.807) is 6.92 Å². The molecule has 0 saturated heterocycles. The molecule has 1 N–H and O–H groups in total. The van der Waals surface area contributed by atoms with Crippen molar-refractivity contribution in [3.05, 3.63) is 0 Å². The van der Waals surface area contributed by atoms with Gasteiger partial charge in [0.1, 0.15) is 5.78 Å². The largest absolute Gasteiger partial charge is 0.481 e. The zero-order valence-electron chi connectivity index (χ0n) is 7.95. The Hall–Kier alpha value is -0.860. The molecular weight excluding hydrogens is 168 g/mol. The fourth-order valence-electron chi connectivity index (χ4n) is 2.02. The van der Waals surface area contributed by atoms with Gasteiger partial charge < -0.3 is 9.90 Å². The average molecular weight is 184 g/mol. The number of Topliss-reactive ketones (excluding diaryl/α,β-unsaturated/α-hetero) is 1. The third kappa shape index (κ3) is 3.17. The third-order valence-electron chi connectivity index (χ3n) is 2.77. The zero-order chi connectivity index (χ0) is 9.84. The van der Waals surface area contributed by atoms with Crippen LogP contribution >= 0.6 is 0 Å². The first-order valence-corrected chi connectivity index (χ1v) is 4.82. The van der Waals surface area contributed by atoms with E-state index in [0.29, 0.717) is 12.3 Å². The third-order valence-corrected chi connectivity index (χ3v) is 2.77. The molecule has 0 amide bonds. The molecule has 1 rings (SSSR count). The Morgan fingerprint density at radius 2 is 1.77 bits per heavy atom. The van der Waals surface area contributed by atoms with Gasteiger partial charge >= 0.3 is 5.97 Å². The highest BCUT2D eigenvalue weighted by atomic mass is 16.4. The van der Waals surface area contributed by atoms with E-state index >= 15 is 0 Å². The minimum absolute atomic E-state index is 0.164. The maximum Gasteiger partial charge on any atom is 0.306 e. The highest BCUT2D eigenvalue weighted by Crippen LogP contribution is 2.30. The molecule has 1 aliphatic rings. The van der Waals surface area contributed by atoms with Gasteiger partial charge in [0.15, 0.2) is 0 Å². The second-order valence-electron chi connectivity index (χ2n) is 3.96. The summed E-state index contributed by atoms with van der Waals surface area (Å²) in [6.45, 7) is 1.60. The van der Waals surface area contributed by atoms with E-state index in [1.165, 1.54) is 0 Å². The molecule has 3 heteroatoms. The van der Waals surface area contributed by atoms with Crippen LogP contribution in [0, 0.1) is 11.8 Å². The minimum atomic E-state index is -0.679. The van der Waals surface area contributed by atoms with Gasteiger partial charge in [0.2, 0.25) is 0 Å². The molecule has 13 heavy (non-hydrogen) atoms. The summed E-state index contributed by atoms with van der Waals surface area (Å²) in [7, 11) is 0. The molecule has 0 aromatic rings. The molecule has 0 unspecified atom stereocenters. The van der Waals surface area contributed by atoms with Gasteiger partial charge in [0, 0.05) is 6.42 Å². The average Bonchev–Trinajstić information content (AvgIpc) is 2.04. The van der Waals surface area contributed by atoms with Crippen LogP contribution in [0.15, 0.2) is 0 Å². The van der Waals surface area contributed by atoms with Crippen LogP contribution in [0.2, 0.25) is 0 Å². The van der Waals surface area contributed by atoms with Gasteiger partial charge in [0.05, 0.1) is 5.92 Å². The van der Waals surface area contributed by atoms with Crippen molar-refractivity contribution >= 4 is 11.8 Å². The molecule has 0 heterocycles. The number of rotatable bonds is 3. The quantitative estimate of drug-likeness (QED) is 0.728. The molecule has 74 valence electrons. The van der Waals surface area contributed by atoms with E-state index in [4.69, 9.17) is 5.11 Å². The Bertz CT molecular complexity index is 202. The van der Waals surface area contributed by atoms with Crippen molar-refractivity contribution in [2.75, 3.05) is 0 Å². The lowest BCUT2D eigenvalue weighted by Gasteiger charge is -2.25. The number of hydrogen-bond donors (Lipinski definition) is 1. The number of carboxylic acids is 1. The summed E-state index contributed by atoms with van der Waals surface area (Å²) in [4.78, 5) is 21.4. The summed E-state index contributed by atoms with van der Waals surface area (Å²) in [5.41, 5.74) is 0. The van der Waals surface area contributed by atoms with Crippen molar-refractivity contribution in [3.63, 3.8) is 0 Å². The van der Waals surface area contributed by atoms with Crippen molar-refractivity contribution in [2.24, 2.45) is 11.8 Å². The Balaban J connectivity index is 2.30. The summed E-state index contributed by atoms with van der Waals surface area (Å²) in [6.07, 6.45) is 3.92. The molecule has 0 atom stereocenters.